The molecule has 148 valence electrons. The van der Waals surface area contributed by atoms with E-state index >= 15 is 0 Å². The van der Waals surface area contributed by atoms with E-state index in [-0.39, 0.29) is 5.75 Å². The largest absolute Gasteiger partial charge is 0.455 e. The average Bonchev–Trinajstić information content (AvgIpc) is 3.21. The molecule has 0 fully saturated rings. The monoisotopic (exact) mass is 418 g/mol. The molecular formula is C20H22N2O4S2. The number of primary amides is 1. The fraction of sp³-hybridized carbons (Fsp3) is 0.350. The maximum absolute atomic E-state index is 12.1. The summed E-state index contributed by atoms with van der Waals surface area (Å²) >= 11 is 2.74. The van der Waals surface area contributed by atoms with Gasteiger partial charge in [0.15, 0.2) is 6.61 Å². The number of thiophene rings is 1. The van der Waals surface area contributed by atoms with Gasteiger partial charge in [0.1, 0.15) is 5.00 Å². The lowest BCUT2D eigenvalue weighted by atomic mass is 10.1. The van der Waals surface area contributed by atoms with Crippen LogP contribution in [0.2, 0.25) is 0 Å². The zero-order valence-electron chi connectivity index (χ0n) is 15.8. The fourth-order valence-corrected chi connectivity index (χ4v) is 5.15. The minimum Gasteiger partial charge on any atom is -0.455 e. The number of rotatable bonds is 7. The van der Waals surface area contributed by atoms with Crippen LogP contribution < -0.4 is 11.1 Å². The molecule has 1 aliphatic carbocycles. The molecule has 1 aliphatic rings. The van der Waals surface area contributed by atoms with E-state index in [9.17, 15) is 14.4 Å². The third kappa shape index (κ3) is 4.74. The second-order valence-electron chi connectivity index (χ2n) is 6.67. The maximum Gasteiger partial charge on any atom is 0.316 e. The van der Waals surface area contributed by atoms with Crippen molar-refractivity contribution in [2.75, 3.05) is 17.7 Å². The first kappa shape index (κ1) is 20.4. The number of nitrogens with two attached hydrogens (primary N) is 1. The Balaban J connectivity index is 1.50. The van der Waals surface area contributed by atoms with E-state index in [1.165, 1.54) is 28.7 Å². The smallest absolute Gasteiger partial charge is 0.316 e. The van der Waals surface area contributed by atoms with Gasteiger partial charge in [0.25, 0.3) is 11.8 Å². The van der Waals surface area contributed by atoms with Crippen LogP contribution >= 0.6 is 23.1 Å². The van der Waals surface area contributed by atoms with E-state index in [2.05, 4.69) is 5.32 Å². The minimum atomic E-state index is -0.545. The van der Waals surface area contributed by atoms with Crippen molar-refractivity contribution in [3.8, 4) is 0 Å². The quantitative estimate of drug-likeness (QED) is 0.531. The van der Waals surface area contributed by atoms with Gasteiger partial charge >= 0.3 is 5.97 Å². The number of amides is 2. The second kappa shape index (κ2) is 8.79. The highest BCUT2D eigenvalue weighted by molar-refractivity contribution is 8.00. The molecule has 0 atom stereocenters. The van der Waals surface area contributed by atoms with Crippen molar-refractivity contribution in [1.82, 2.24) is 0 Å². The summed E-state index contributed by atoms with van der Waals surface area (Å²) in [5.74, 6) is -1.37. The van der Waals surface area contributed by atoms with Crippen LogP contribution in [0.1, 0.15) is 38.3 Å². The Morgan fingerprint density at radius 1 is 1.21 bits per heavy atom. The lowest BCUT2D eigenvalue weighted by Gasteiger charge is -2.08. The van der Waals surface area contributed by atoms with E-state index < -0.39 is 24.4 Å². The van der Waals surface area contributed by atoms with Gasteiger partial charge in [-0.15, -0.1) is 23.1 Å². The molecule has 2 amide bonds. The topological polar surface area (TPSA) is 98.5 Å². The van der Waals surface area contributed by atoms with Crippen LogP contribution in [-0.4, -0.2) is 30.1 Å². The highest BCUT2D eigenvalue weighted by Gasteiger charge is 2.26. The highest BCUT2D eigenvalue weighted by Crippen LogP contribution is 2.38. The molecule has 0 radical (unpaired) electrons. The van der Waals surface area contributed by atoms with Crippen LogP contribution in [0.15, 0.2) is 23.1 Å². The Kier molecular flexibility index (Phi) is 6.41. The Labute approximate surface area is 171 Å². The van der Waals surface area contributed by atoms with Crippen LogP contribution in [0.25, 0.3) is 0 Å². The van der Waals surface area contributed by atoms with Gasteiger partial charge in [-0.05, 0) is 61.9 Å². The van der Waals surface area contributed by atoms with Gasteiger partial charge in [0, 0.05) is 9.77 Å². The van der Waals surface area contributed by atoms with Gasteiger partial charge in [-0.3, -0.25) is 14.4 Å². The molecule has 8 heteroatoms. The second-order valence-corrected chi connectivity index (χ2v) is 8.82. The summed E-state index contributed by atoms with van der Waals surface area (Å²) in [6.45, 7) is 3.65. The molecule has 6 nitrogen and oxygen atoms in total. The standard InChI is InChI=1S/C20H22N2O4S2/c1-11-6-7-13(8-12(11)2)27-10-17(24)26-9-16(23)22-20-18(19(21)25)14-4-3-5-15(14)28-20/h6-8H,3-5,9-10H2,1-2H3,(H2,21,25)(H,22,23). The van der Waals surface area contributed by atoms with Crippen molar-refractivity contribution < 1.29 is 19.1 Å². The Bertz CT molecular complexity index is 937. The number of anilines is 1. The first-order valence-electron chi connectivity index (χ1n) is 8.95. The fourth-order valence-electron chi connectivity index (χ4n) is 3.05. The van der Waals surface area contributed by atoms with Crippen molar-refractivity contribution in [2.45, 2.75) is 38.0 Å². The first-order valence-corrected chi connectivity index (χ1v) is 10.7. The molecule has 0 bridgehead atoms. The zero-order valence-corrected chi connectivity index (χ0v) is 17.4. The number of hydrogen-bond donors (Lipinski definition) is 2. The maximum atomic E-state index is 12.1. The normalized spacial score (nSPS) is 12.5. The molecule has 1 heterocycles. The molecule has 0 spiro atoms. The number of hydrogen-bond acceptors (Lipinski definition) is 6. The third-order valence-corrected chi connectivity index (χ3v) is 6.79. The molecule has 28 heavy (non-hydrogen) atoms. The van der Waals surface area contributed by atoms with Gasteiger partial charge in [0.05, 0.1) is 11.3 Å². The van der Waals surface area contributed by atoms with Gasteiger partial charge in [-0.2, -0.15) is 0 Å². The van der Waals surface area contributed by atoms with Gasteiger partial charge in [-0.1, -0.05) is 6.07 Å². The number of carbonyl (C=O) groups excluding carboxylic acids is 3. The molecule has 2 aromatic rings. The average molecular weight is 419 g/mol. The minimum absolute atomic E-state index is 0.121. The van der Waals surface area contributed by atoms with Crippen molar-refractivity contribution in [2.24, 2.45) is 5.73 Å². The zero-order chi connectivity index (χ0) is 20.3. The lowest BCUT2D eigenvalue weighted by Crippen LogP contribution is -2.23. The van der Waals surface area contributed by atoms with Crippen LogP contribution in [-0.2, 0) is 27.2 Å². The number of nitrogens with one attached hydrogen (secondary N) is 1. The van der Waals surface area contributed by atoms with E-state index in [4.69, 9.17) is 10.5 Å². The highest BCUT2D eigenvalue weighted by atomic mass is 32.2. The number of fused-ring (bicyclic) bond motifs is 1. The molecule has 0 saturated carbocycles. The number of esters is 1. The first-order chi connectivity index (χ1) is 13.3. The molecular weight excluding hydrogens is 396 g/mol. The summed E-state index contributed by atoms with van der Waals surface area (Å²) in [5.41, 5.74) is 9.15. The lowest BCUT2D eigenvalue weighted by molar-refractivity contribution is -0.144. The van der Waals surface area contributed by atoms with Crippen molar-refractivity contribution >= 4 is 45.9 Å². The molecule has 1 aromatic carbocycles. The predicted octanol–water partition coefficient (Wildman–Crippen LogP) is 3.23. The van der Waals surface area contributed by atoms with E-state index in [0.29, 0.717) is 10.6 Å². The number of carbonyl (C=O) groups is 3. The summed E-state index contributed by atoms with van der Waals surface area (Å²) in [5, 5.41) is 3.11. The Hall–Kier alpha value is -2.32. The van der Waals surface area contributed by atoms with Crippen LogP contribution in [0.5, 0.6) is 0 Å². The van der Waals surface area contributed by atoms with Gasteiger partial charge < -0.3 is 15.8 Å². The van der Waals surface area contributed by atoms with Gasteiger partial charge in [-0.25, -0.2) is 0 Å². The number of ether oxygens (including phenoxy) is 1. The van der Waals surface area contributed by atoms with Crippen molar-refractivity contribution in [3.05, 3.63) is 45.3 Å². The van der Waals surface area contributed by atoms with Crippen LogP contribution in [0.3, 0.4) is 0 Å². The number of aryl methyl sites for hydroxylation is 3. The van der Waals surface area contributed by atoms with Crippen LogP contribution in [0, 0.1) is 13.8 Å². The molecule has 0 aliphatic heterocycles. The predicted molar refractivity (Wildman–Crippen MR) is 111 cm³/mol. The summed E-state index contributed by atoms with van der Waals surface area (Å²) in [6, 6.07) is 5.97. The molecule has 0 unspecified atom stereocenters. The van der Waals surface area contributed by atoms with Gasteiger partial charge in [0.2, 0.25) is 0 Å². The Morgan fingerprint density at radius 3 is 2.71 bits per heavy atom. The summed E-state index contributed by atoms with van der Waals surface area (Å²) < 4.78 is 5.05. The van der Waals surface area contributed by atoms with E-state index in [1.54, 1.807) is 0 Å². The SMILES string of the molecule is Cc1ccc(SCC(=O)OCC(=O)Nc2sc3c(c2C(N)=O)CCC3)cc1C. The summed E-state index contributed by atoms with van der Waals surface area (Å²) in [6.07, 6.45) is 2.68. The Morgan fingerprint density at radius 2 is 2.00 bits per heavy atom. The molecule has 0 saturated heterocycles. The molecule has 1 aromatic heterocycles. The van der Waals surface area contributed by atoms with E-state index in [1.807, 2.05) is 32.0 Å². The summed E-state index contributed by atoms with van der Waals surface area (Å²) in [4.78, 5) is 37.9. The molecule has 3 N–H and O–H groups in total. The summed E-state index contributed by atoms with van der Waals surface area (Å²) in [7, 11) is 0. The number of thioether (sulfide) groups is 1. The van der Waals surface area contributed by atoms with E-state index in [0.717, 1.165) is 40.2 Å². The third-order valence-electron chi connectivity index (χ3n) is 4.62. The van der Waals surface area contributed by atoms with Crippen molar-refractivity contribution in [3.63, 3.8) is 0 Å². The van der Waals surface area contributed by atoms with Crippen molar-refractivity contribution in [1.29, 1.82) is 0 Å². The number of benzene rings is 1. The van der Waals surface area contributed by atoms with Crippen LogP contribution in [0.4, 0.5) is 5.00 Å². The molecule has 3 rings (SSSR count).